The van der Waals surface area contributed by atoms with E-state index >= 15 is 0 Å². The Balaban J connectivity index is 1.61. The maximum atomic E-state index is 12.5. The lowest BCUT2D eigenvalue weighted by Gasteiger charge is -2.15. The van der Waals surface area contributed by atoms with Crippen LogP contribution in [0.3, 0.4) is 0 Å². The van der Waals surface area contributed by atoms with Crippen LogP contribution in [0.2, 0.25) is 0 Å². The first-order valence-electron chi connectivity index (χ1n) is 9.04. The zero-order chi connectivity index (χ0) is 19.4. The zero-order valence-electron chi connectivity index (χ0n) is 15.6. The van der Waals surface area contributed by atoms with Gasteiger partial charge in [-0.15, -0.1) is 0 Å². The molecule has 27 heavy (non-hydrogen) atoms. The van der Waals surface area contributed by atoms with Crippen molar-refractivity contribution in [2.75, 3.05) is 24.6 Å². The summed E-state index contributed by atoms with van der Waals surface area (Å²) in [5.41, 5.74) is 2.76. The average molecular weight is 388 g/mol. The number of benzene rings is 2. The molecule has 0 unspecified atom stereocenters. The van der Waals surface area contributed by atoms with Crippen LogP contribution in [0, 0.1) is 0 Å². The molecule has 0 fully saturated rings. The Labute approximate surface area is 160 Å². The number of anilines is 1. The second kappa shape index (κ2) is 8.10. The lowest BCUT2D eigenvalue weighted by Crippen LogP contribution is -2.28. The summed E-state index contributed by atoms with van der Waals surface area (Å²) in [4.78, 5) is 13.5. The molecule has 144 valence electrons. The summed E-state index contributed by atoms with van der Waals surface area (Å²) >= 11 is 0. The quantitative estimate of drug-likeness (QED) is 0.740. The van der Waals surface area contributed by atoms with E-state index in [1.165, 1.54) is 13.0 Å². The van der Waals surface area contributed by atoms with Crippen molar-refractivity contribution >= 4 is 21.6 Å². The van der Waals surface area contributed by atoms with Gasteiger partial charge >= 0.3 is 0 Å². The summed E-state index contributed by atoms with van der Waals surface area (Å²) in [7, 11) is -3.62. The second-order valence-corrected chi connectivity index (χ2v) is 8.19. The number of para-hydroxylation sites is 1. The topological polar surface area (TPSA) is 75.7 Å². The van der Waals surface area contributed by atoms with Crippen LogP contribution in [-0.4, -0.2) is 34.0 Å². The van der Waals surface area contributed by atoms with Gasteiger partial charge in [0.25, 0.3) is 0 Å². The lowest BCUT2D eigenvalue weighted by molar-refractivity contribution is -0.116. The van der Waals surface area contributed by atoms with E-state index in [-0.39, 0.29) is 24.0 Å². The minimum Gasteiger partial charge on any atom is -0.492 e. The third-order valence-corrected chi connectivity index (χ3v) is 6.10. The Morgan fingerprint density at radius 1 is 1.22 bits per heavy atom. The van der Waals surface area contributed by atoms with E-state index < -0.39 is 10.0 Å². The summed E-state index contributed by atoms with van der Waals surface area (Å²) in [6.45, 7) is 4.58. The number of rotatable bonds is 7. The number of amides is 1. The van der Waals surface area contributed by atoms with Gasteiger partial charge in [0.15, 0.2) is 0 Å². The summed E-state index contributed by atoms with van der Waals surface area (Å²) < 4.78 is 33.3. The minimum atomic E-state index is -3.62. The smallest absolute Gasteiger partial charge is 0.240 e. The molecular formula is C20H24N2O4S. The molecule has 1 aliphatic rings. The first kappa shape index (κ1) is 19.4. The molecule has 1 heterocycles. The predicted molar refractivity (Wildman–Crippen MR) is 105 cm³/mol. The van der Waals surface area contributed by atoms with Crippen LogP contribution in [-0.2, 0) is 27.7 Å². The van der Waals surface area contributed by atoms with Crippen molar-refractivity contribution < 1.29 is 17.9 Å². The van der Waals surface area contributed by atoms with E-state index in [9.17, 15) is 13.2 Å². The van der Waals surface area contributed by atoms with E-state index in [1.54, 1.807) is 17.0 Å². The van der Waals surface area contributed by atoms with Crippen LogP contribution in [0.5, 0.6) is 5.75 Å². The molecule has 0 saturated heterocycles. The van der Waals surface area contributed by atoms with Crippen molar-refractivity contribution in [1.29, 1.82) is 0 Å². The molecule has 1 aliphatic heterocycles. The molecule has 2 aromatic rings. The number of nitrogens with zero attached hydrogens (tertiary/aromatic N) is 1. The Hall–Kier alpha value is -2.38. The number of aryl methyl sites for hydroxylation is 1. The van der Waals surface area contributed by atoms with Crippen LogP contribution in [0.1, 0.15) is 25.0 Å². The van der Waals surface area contributed by atoms with E-state index in [1.807, 2.05) is 31.2 Å². The highest BCUT2D eigenvalue weighted by atomic mass is 32.2. The maximum Gasteiger partial charge on any atom is 0.240 e. The first-order valence-corrected chi connectivity index (χ1v) is 10.5. The van der Waals surface area contributed by atoms with Crippen molar-refractivity contribution in [2.24, 2.45) is 0 Å². The van der Waals surface area contributed by atoms with Crippen LogP contribution < -0.4 is 14.4 Å². The van der Waals surface area contributed by atoms with Gasteiger partial charge < -0.3 is 9.64 Å². The SMILES string of the molecule is CCc1ccccc1OCCNS(=O)(=O)c1ccc2c(c1)CCN2C(C)=O. The molecule has 1 amide bonds. The summed E-state index contributed by atoms with van der Waals surface area (Å²) in [6.07, 6.45) is 1.52. The van der Waals surface area contributed by atoms with E-state index in [0.717, 1.165) is 29.0 Å². The lowest BCUT2D eigenvalue weighted by atomic mass is 10.1. The number of hydrogen-bond donors (Lipinski definition) is 1. The van der Waals surface area contributed by atoms with Crippen LogP contribution in [0.4, 0.5) is 5.69 Å². The molecule has 2 aromatic carbocycles. The summed E-state index contributed by atoms with van der Waals surface area (Å²) in [5, 5.41) is 0. The number of sulfonamides is 1. The summed E-state index contributed by atoms with van der Waals surface area (Å²) in [6, 6.07) is 12.6. The van der Waals surface area contributed by atoms with Crippen LogP contribution in [0.15, 0.2) is 47.4 Å². The van der Waals surface area contributed by atoms with Crippen molar-refractivity contribution in [1.82, 2.24) is 4.72 Å². The number of hydrogen-bond acceptors (Lipinski definition) is 4. The normalized spacial score (nSPS) is 13.5. The number of carbonyl (C=O) groups excluding carboxylic acids is 1. The maximum absolute atomic E-state index is 12.5. The number of ether oxygens (including phenoxy) is 1. The van der Waals surface area contributed by atoms with Crippen LogP contribution >= 0.6 is 0 Å². The highest BCUT2D eigenvalue weighted by Crippen LogP contribution is 2.30. The molecule has 0 saturated carbocycles. The van der Waals surface area contributed by atoms with Crippen molar-refractivity contribution in [2.45, 2.75) is 31.6 Å². The van der Waals surface area contributed by atoms with Gasteiger partial charge in [0.2, 0.25) is 15.9 Å². The average Bonchev–Trinajstić information content (AvgIpc) is 3.09. The number of nitrogens with one attached hydrogen (secondary N) is 1. The van der Waals surface area contributed by atoms with Gasteiger partial charge in [0.1, 0.15) is 12.4 Å². The fraction of sp³-hybridized carbons (Fsp3) is 0.350. The van der Waals surface area contributed by atoms with Gasteiger partial charge in [-0.25, -0.2) is 13.1 Å². The van der Waals surface area contributed by atoms with Gasteiger partial charge in [-0.3, -0.25) is 4.79 Å². The van der Waals surface area contributed by atoms with E-state index in [4.69, 9.17) is 4.74 Å². The second-order valence-electron chi connectivity index (χ2n) is 6.42. The largest absolute Gasteiger partial charge is 0.492 e. The zero-order valence-corrected chi connectivity index (χ0v) is 16.4. The van der Waals surface area contributed by atoms with E-state index in [2.05, 4.69) is 4.72 Å². The molecule has 0 atom stereocenters. The Kier molecular flexibility index (Phi) is 5.82. The predicted octanol–water partition coefficient (Wildman–Crippen LogP) is 2.52. The fourth-order valence-electron chi connectivity index (χ4n) is 3.23. The molecule has 0 spiro atoms. The highest BCUT2D eigenvalue weighted by Gasteiger charge is 2.24. The van der Waals surface area contributed by atoms with E-state index in [0.29, 0.717) is 13.0 Å². The standard InChI is InChI=1S/C20H24N2O4S/c1-3-16-6-4-5-7-20(16)26-13-11-21-27(24,25)18-8-9-19-17(14-18)10-12-22(19)15(2)23/h4-9,14,21H,3,10-13H2,1-2H3. The third-order valence-electron chi connectivity index (χ3n) is 4.64. The molecule has 0 aromatic heterocycles. The van der Waals surface area contributed by atoms with Gasteiger partial charge in [0.05, 0.1) is 4.90 Å². The van der Waals surface area contributed by atoms with Gasteiger partial charge in [-0.2, -0.15) is 0 Å². The van der Waals surface area contributed by atoms with Crippen LogP contribution in [0.25, 0.3) is 0 Å². The van der Waals surface area contributed by atoms with Crippen molar-refractivity contribution in [3.8, 4) is 5.75 Å². The van der Waals surface area contributed by atoms with Gasteiger partial charge in [0, 0.05) is 25.7 Å². The molecule has 3 rings (SSSR count). The minimum absolute atomic E-state index is 0.0352. The molecular weight excluding hydrogens is 364 g/mol. The number of fused-ring (bicyclic) bond motifs is 1. The first-order chi connectivity index (χ1) is 12.9. The Bertz CT molecular complexity index is 941. The monoisotopic (exact) mass is 388 g/mol. The van der Waals surface area contributed by atoms with Crippen molar-refractivity contribution in [3.05, 3.63) is 53.6 Å². The molecule has 0 aliphatic carbocycles. The Morgan fingerprint density at radius 3 is 2.74 bits per heavy atom. The number of carbonyl (C=O) groups is 1. The van der Waals surface area contributed by atoms with Crippen molar-refractivity contribution in [3.63, 3.8) is 0 Å². The van der Waals surface area contributed by atoms with Gasteiger partial charge in [-0.05, 0) is 48.2 Å². The molecule has 6 nitrogen and oxygen atoms in total. The van der Waals surface area contributed by atoms with Gasteiger partial charge in [-0.1, -0.05) is 25.1 Å². The third kappa shape index (κ3) is 4.31. The molecule has 0 radical (unpaired) electrons. The molecule has 1 N–H and O–H groups in total. The Morgan fingerprint density at radius 2 is 2.00 bits per heavy atom. The fourth-order valence-corrected chi connectivity index (χ4v) is 4.29. The summed E-state index contributed by atoms with van der Waals surface area (Å²) in [5.74, 6) is 0.744. The highest BCUT2D eigenvalue weighted by molar-refractivity contribution is 7.89. The molecule has 7 heteroatoms. The molecule has 0 bridgehead atoms.